The lowest BCUT2D eigenvalue weighted by atomic mass is 10.1. The van der Waals surface area contributed by atoms with Crippen molar-refractivity contribution in [2.45, 2.75) is 107 Å². The first kappa shape index (κ1) is 42.4. The molecule has 0 aromatic heterocycles. The highest BCUT2D eigenvalue weighted by Gasteiger charge is 2.61. The second-order valence-corrected chi connectivity index (χ2v) is 17.2. The first-order valence-corrected chi connectivity index (χ1v) is 21.1. The number of piperidine rings is 1. The topological polar surface area (TPSA) is 196 Å². The number of ether oxygens (including phenoxy) is 2. The highest BCUT2D eigenvalue weighted by molar-refractivity contribution is 7.90. The predicted octanol–water partition coefficient (Wildman–Crippen LogP) is 3.23. The van der Waals surface area contributed by atoms with E-state index in [0.29, 0.717) is 30.0 Å². The third kappa shape index (κ3) is 8.92. The molecule has 18 heteroatoms. The number of likely N-dealkylation sites (tertiary alicyclic amines) is 2. The lowest BCUT2D eigenvalue weighted by Crippen LogP contribution is -2.58. The summed E-state index contributed by atoms with van der Waals surface area (Å²) < 4.78 is 54.9. The molecule has 0 radical (unpaired) electrons. The summed E-state index contributed by atoms with van der Waals surface area (Å²) in [5, 5.41) is 8.13. The molecule has 58 heavy (non-hydrogen) atoms. The van der Waals surface area contributed by atoms with Gasteiger partial charge in [0.1, 0.15) is 40.5 Å². The largest absolute Gasteiger partial charge is 0.446 e. The van der Waals surface area contributed by atoms with Gasteiger partial charge in [0.15, 0.2) is 0 Å². The molecule has 2 aromatic rings. The average molecular weight is 826 g/mol. The molecule has 1 saturated carbocycles. The van der Waals surface area contributed by atoms with Crippen molar-refractivity contribution in [2.75, 3.05) is 32.0 Å². The molecule has 2 aromatic carbocycles. The quantitative estimate of drug-likeness (QED) is 0.217. The Labute approximate surface area is 337 Å². The minimum Gasteiger partial charge on any atom is -0.446 e. The van der Waals surface area contributed by atoms with Gasteiger partial charge in [-0.15, -0.1) is 6.58 Å². The van der Waals surface area contributed by atoms with Crippen LogP contribution in [0, 0.1) is 11.7 Å². The SMILES string of the molecule is C=C[C@@H]1C[C@]1(NC(=O)[C@@H]1C[C@@H](OC(=O)N2Cc3cccc(F)c3C2)CN1C(=O)[C@H](CC)NC(=O)OC1CCN(C(C)C)CC1)C(=O)NS(=O)(=O)c1ccccc1NC. The van der Waals surface area contributed by atoms with Gasteiger partial charge in [-0.25, -0.2) is 27.1 Å². The Kier molecular flexibility index (Phi) is 12.7. The Morgan fingerprint density at radius 1 is 1.02 bits per heavy atom. The van der Waals surface area contributed by atoms with Crippen molar-refractivity contribution in [3.05, 3.63) is 72.1 Å². The molecule has 3 fully saturated rings. The van der Waals surface area contributed by atoms with Crippen molar-refractivity contribution in [1.82, 2.24) is 30.1 Å². The maximum Gasteiger partial charge on any atom is 0.410 e. The molecule has 0 unspecified atom stereocenters. The molecule has 2 saturated heterocycles. The number of nitrogens with zero attached hydrogens (tertiary/aromatic N) is 3. The smallest absolute Gasteiger partial charge is 0.410 e. The molecule has 0 bridgehead atoms. The van der Waals surface area contributed by atoms with Crippen LogP contribution in [0.25, 0.3) is 0 Å². The maximum absolute atomic E-state index is 14.5. The highest BCUT2D eigenvalue weighted by Crippen LogP contribution is 2.45. The van der Waals surface area contributed by atoms with E-state index >= 15 is 0 Å². The van der Waals surface area contributed by atoms with Crippen LogP contribution in [0.5, 0.6) is 0 Å². The predicted molar refractivity (Wildman–Crippen MR) is 210 cm³/mol. The van der Waals surface area contributed by atoms with Crippen LogP contribution in [0.3, 0.4) is 0 Å². The van der Waals surface area contributed by atoms with Crippen LogP contribution in [0.1, 0.15) is 64.0 Å². The second-order valence-electron chi connectivity index (χ2n) is 15.5. The molecule has 1 aliphatic carbocycles. The summed E-state index contributed by atoms with van der Waals surface area (Å²) >= 11 is 0. The van der Waals surface area contributed by atoms with Crippen molar-refractivity contribution < 1.29 is 46.3 Å². The van der Waals surface area contributed by atoms with Crippen LogP contribution in [0.15, 0.2) is 60.0 Å². The molecule has 3 heterocycles. The molecule has 5 atom stereocenters. The van der Waals surface area contributed by atoms with E-state index in [4.69, 9.17) is 9.47 Å². The summed E-state index contributed by atoms with van der Waals surface area (Å²) in [6.07, 6.45) is -0.218. The van der Waals surface area contributed by atoms with E-state index in [1.54, 1.807) is 25.1 Å². The number of para-hydroxylation sites is 1. The van der Waals surface area contributed by atoms with Gasteiger partial charge in [0.05, 0.1) is 18.8 Å². The molecule has 5 amide bonds. The van der Waals surface area contributed by atoms with Gasteiger partial charge in [-0.05, 0) is 63.3 Å². The lowest BCUT2D eigenvalue weighted by molar-refractivity contribution is -0.141. The number of nitrogens with one attached hydrogen (secondary N) is 4. The number of amides is 5. The second kappa shape index (κ2) is 17.3. The fourth-order valence-corrected chi connectivity index (χ4v) is 9.24. The van der Waals surface area contributed by atoms with Gasteiger partial charge in [-0.2, -0.15) is 0 Å². The van der Waals surface area contributed by atoms with Gasteiger partial charge in [0, 0.05) is 50.6 Å². The zero-order valence-electron chi connectivity index (χ0n) is 33.2. The summed E-state index contributed by atoms with van der Waals surface area (Å²) in [7, 11) is -2.87. The summed E-state index contributed by atoms with van der Waals surface area (Å²) in [6.45, 7) is 11.0. The summed E-state index contributed by atoms with van der Waals surface area (Å²) in [5.41, 5.74) is -0.462. The Morgan fingerprint density at radius 2 is 1.74 bits per heavy atom. The van der Waals surface area contributed by atoms with E-state index in [0.717, 1.165) is 13.1 Å². The molecular weight excluding hydrogens is 774 g/mol. The molecule has 4 aliphatic rings. The number of sulfonamides is 1. The van der Waals surface area contributed by atoms with E-state index in [1.807, 2.05) is 0 Å². The number of fused-ring (bicyclic) bond motifs is 1. The van der Waals surface area contributed by atoms with Crippen LogP contribution in [-0.2, 0) is 47.0 Å². The third-order valence-corrected chi connectivity index (χ3v) is 12.9. The van der Waals surface area contributed by atoms with Crippen molar-refractivity contribution in [3.8, 4) is 0 Å². The van der Waals surface area contributed by atoms with Crippen molar-refractivity contribution in [3.63, 3.8) is 0 Å². The van der Waals surface area contributed by atoms with Crippen molar-refractivity contribution >= 4 is 45.6 Å². The number of carbonyl (C=O) groups is 5. The monoisotopic (exact) mass is 825 g/mol. The Morgan fingerprint density at radius 3 is 2.38 bits per heavy atom. The van der Waals surface area contributed by atoms with E-state index in [2.05, 4.69) is 46.0 Å². The zero-order chi connectivity index (χ0) is 41.9. The average Bonchev–Trinajstić information content (AvgIpc) is 3.49. The van der Waals surface area contributed by atoms with Crippen LogP contribution in [0.2, 0.25) is 0 Å². The van der Waals surface area contributed by atoms with Gasteiger partial charge in [-0.1, -0.05) is 37.3 Å². The number of rotatable bonds is 13. The van der Waals surface area contributed by atoms with E-state index in [-0.39, 0.29) is 55.6 Å². The van der Waals surface area contributed by atoms with Crippen LogP contribution in [-0.4, -0.2) is 116 Å². The van der Waals surface area contributed by atoms with E-state index < -0.39 is 75.4 Å². The van der Waals surface area contributed by atoms with Crippen molar-refractivity contribution in [2.24, 2.45) is 5.92 Å². The van der Waals surface area contributed by atoms with Gasteiger partial charge >= 0.3 is 12.2 Å². The molecule has 6 rings (SSSR count). The number of benzene rings is 2. The highest BCUT2D eigenvalue weighted by atomic mass is 32.2. The third-order valence-electron chi connectivity index (χ3n) is 11.5. The number of carbonyl (C=O) groups excluding carboxylic acids is 5. The fourth-order valence-electron chi connectivity index (χ4n) is 7.99. The standard InChI is InChI=1S/C40H52FN7O9S/c1-6-26-20-40(26,37(51)45-58(54,55)34-14-9-8-13-32(34)42-5)44-35(49)33-19-28(57-39(53)47-21-25-11-10-12-30(41)29(25)23-47)22-48(33)36(50)31(7-2)43-38(52)56-27-15-17-46(18-16-27)24(3)4/h6,8-14,24,26-28,31,33,42H,1,7,15-23H2,2-5H3,(H,43,52)(H,44,49)(H,45,51)/t26-,28-,31+,33+,40-/m1/s1. The normalized spacial score (nSPS) is 23.7. The number of halogens is 1. The van der Waals surface area contributed by atoms with Gasteiger partial charge in [-0.3, -0.25) is 19.3 Å². The summed E-state index contributed by atoms with van der Waals surface area (Å²) in [5.74, 6) is -3.54. The Balaban J connectivity index is 1.18. The molecule has 4 N–H and O–H groups in total. The van der Waals surface area contributed by atoms with Gasteiger partial charge in [0.2, 0.25) is 11.8 Å². The fraction of sp³-hybridized carbons (Fsp3) is 0.525. The van der Waals surface area contributed by atoms with E-state index in [9.17, 15) is 36.8 Å². The van der Waals surface area contributed by atoms with Crippen LogP contribution >= 0.6 is 0 Å². The minimum absolute atomic E-state index is 0.0250. The summed E-state index contributed by atoms with van der Waals surface area (Å²) in [6, 6.07) is 8.50. The lowest BCUT2D eigenvalue weighted by Gasteiger charge is -2.34. The zero-order valence-corrected chi connectivity index (χ0v) is 34.0. The summed E-state index contributed by atoms with van der Waals surface area (Å²) in [4.78, 5) is 73.4. The van der Waals surface area contributed by atoms with Gasteiger partial charge < -0.3 is 35.2 Å². The van der Waals surface area contributed by atoms with E-state index in [1.165, 1.54) is 47.2 Å². The number of anilines is 1. The molecule has 314 valence electrons. The first-order chi connectivity index (χ1) is 27.6. The van der Waals surface area contributed by atoms with Crippen LogP contribution < -0.4 is 20.7 Å². The molecule has 0 spiro atoms. The Bertz CT molecular complexity index is 2040. The van der Waals surface area contributed by atoms with Crippen molar-refractivity contribution in [1.29, 1.82) is 0 Å². The van der Waals surface area contributed by atoms with Crippen LogP contribution in [0.4, 0.5) is 19.7 Å². The number of alkyl carbamates (subject to hydrolysis) is 1. The molecule has 3 aliphatic heterocycles. The minimum atomic E-state index is -4.40. The molecule has 16 nitrogen and oxygen atoms in total. The number of hydrogen-bond acceptors (Lipinski definition) is 11. The molecular formula is C40H52FN7O9S. The first-order valence-electron chi connectivity index (χ1n) is 19.6. The van der Waals surface area contributed by atoms with Gasteiger partial charge in [0.25, 0.3) is 15.9 Å². The maximum atomic E-state index is 14.5. The Hall–Kier alpha value is -5.23. The number of hydrogen-bond donors (Lipinski definition) is 4.